The van der Waals surface area contributed by atoms with Crippen LogP contribution in [0.15, 0.2) is 30.3 Å². The minimum absolute atomic E-state index is 0.120. The fourth-order valence-corrected chi connectivity index (χ4v) is 1.85. The van der Waals surface area contributed by atoms with Crippen LogP contribution in [0.3, 0.4) is 0 Å². The fraction of sp³-hybridized carbons (Fsp3) is 0.417. The number of benzene rings is 1. The lowest BCUT2D eigenvalue weighted by Gasteiger charge is -2.15. The van der Waals surface area contributed by atoms with Gasteiger partial charge in [0.1, 0.15) is 6.10 Å². The van der Waals surface area contributed by atoms with E-state index < -0.39 is 6.10 Å². The van der Waals surface area contributed by atoms with Gasteiger partial charge in [-0.05, 0) is 18.4 Å². The van der Waals surface area contributed by atoms with Crippen LogP contribution in [0.2, 0.25) is 0 Å². The number of carbonyl (C=O) groups excluding carboxylic acids is 1. The molecule has 1 aromatic carbocycles. The van der Waals surface area contributed by atoms with Crippen LogP contribution in [0.1, 0.15) is 12.0 Å². The molecule has 3 nitrogen and oxygen atoms in total. The lowest BCUT2D eigenvalue weighted by molar-refractivity contribution is -0.134. The zero-order valence-electron chi connectivity index (χ0n) is 8.60. The number of likely N-dealkylation sites (tertiary alicyclic amines) is 1. The van der Waals surface area contributed by atoms with E-state index in [4.69, 9.17) is 0 Å². The van der Waals surface area contributed by atoms with Crippen LogP contribution in [0.5, 0.6) is 0 Å². The van der Waals surface area contributed by atoms with Gasteiger partial charge in [0, 0.05) is 13.1 Å². The Morgan fingerprint density at radius 3 is 2.67 bits per heavy atom. The summed E-state index contributed by atoms with van der Waals surface area (Å²) in [4.78, 5) is 13.1. The molecule has 1 unspecified atom stereocenters. The molecule has 1 aliphatic heterocycles. The van der Waals surface area contributed by atoms with E-state index in [1.54, 1.807) is 4.90 Å². The van der Waals surface area contributed by atoms with Crippen molar-refractivity contribution in [2.24, 2.45) is 0 Å². The van der Waals surface area contributed by atoms with Gasteiger partial charge in [-0.25, -0.2) is 0 Å². The molecule has 80 valence electrons. The van der Waals surface area contributed by atoms with Crippen LogP contribution in [0.4, 0.5) is 0 Å². The minimum atomic E-state index is -0.763. The molecule has 0 radical (unpaired) electrons. The zero-order chi connectivity index (χ0) is 10.7. The first-order valence-electron chi connectivity index (χ1n) is 5.28. The van der Waals surface area contributed by atoms with Crippen LogP contribution < -0.4 is 0 Å². The molecule has 15 heavy (non-hydrogen) atoms. The standard InChI is InChI=1S/C12H15NO2/c14-11-7-9-13(12(11)15)8-6-10-4-2-1-3-5-10/h1-5,11,14H,6-9H2. The summed E-state index contributed by atoms with van der Waals surface area (Å²) in [5, 5.41) is 9.27. The summed E-state index contributed by atoms with van der Waals surface area (Å²) in [5.41, 5.74) is 1.23. The third-order valence-corrected chi connectivity index (χ3v) is 2.78. The molecule has 1 heterocycles. The summed E-state index contributed by atoms with van der Waals surface area (Å²) in [6.07, 6.45) is 0.674. The Morgan fingerprint density at radius 1 is 1.33 bits per heavy atom. The monoisotopic (exact) mass is 205 g/mol. The second-order valence-electron chi connectivity index (χ2n) is 3.87. The first kappa shape index (κ1) is 10.2. The van der Waals surface area contributed by atoms with Crippen molar-refractivity contribution in [3.8, 4) is 0 Å². The number of aliphatic hydroxyl groups is 1. The number of carbonyl (C=O) groups is 1. The number of nitrogens with zero attached hydrogens (tertiary/aromatic N) is 1. The molecular formula is C12H15NO2. The van der Waals surface area contributed by atoms with Gasteiger partial charge < -0.3 is 10.0 Å². The predicted molar refractivity (Wildman–Crippen MR) is 57.3 cm³/mol. The van der Waals surface area contributed by atoms with Gasteiger partial charge in [-0.1, -0.05) is 30.3 Å². The summed E-state index contributed by atoms with van der Waals surface area (Å²) in [6.45, 7) is 1.40. The van der Waals surface area contributed by atoms with Crippen LogP contribution in [-0.4, -0.2) is 35.1 Å². The molecule has 1 amide bonds. The maximum atomic E-state index is 11.4. The van der Waals surface area contributed by atoms with E-state index >= 15 is 0 Å². The van der Waals surface area contributed by atoms with Crippen LogP contribution in [0.25, 0.3) is 0 Å². The lowest BCUT2D eigenvalue weighted by Crippen LogP contribution is -2.31. The van der Waals surface area contributed by atoms with E-state index in [1.807, 2.05) is 18.2 Å². The van der Waals surface area contributed by atoms with Gasteiger partial charge >= 0.3 is 0 Å². The van der Waals surface area contributed by atoms with Gasteiger partial charge in [-0.2, -0.15) is 0 Å². The average molecular weight is 205 g/mol. The molecule has 0 aromatic heterocycles. The topological polar surface area (TPSA) is 40.5 Å². The largest absolute Gasteiger partial charge is 0.383 e. The van der Waals surface area contributed by atoms with Crippen molar-refractivity contribution >= 4 is 5.91 Å². The molecule has 1 aromatic rings. The second-order valence-corrected chi connectivity index (χ2v) is 3.87. The van der Waals surface area contributed by atoms with Crippen molar-refractivity contribution in [3.05, 3.63) is 35.9 Å². The maximum absolute atomic E-state index is 11.4. The van der Waals surface area contributed by atoms with E-state index in [0.29, 0.717) is 19.5 Å². The second kappa shape index (κ2) is 4.45. The summed E-state index contributed by atoms with van der Waals surface area (Å²) in [7, 11) is 0. The third kappa shape index (κ3) is 2.36. The number of amides is 1. The average Bonchev–Trinajstić information content (AvgIpc) is 2.59. The number of rotatable bonds is 3. The zero-order valence-corrected chi connectivity index (χ0v) is 8.60. The van der Waals surface area contributed by atoms with Gasteiger partial charge in [0.2, 0.25) is 0 Å². The molecule has 1 aliphatic rings. The summed E-state index contributed by atoms with van der Waals surface area (Å²) in [6, 6.07) is 10.1. The summed E-state index contributed by atoms with van der Waals surface area (Å²) < 4.78 is 0. The lowest BCUT2D eigenvalue weighted by atomic mass is 10.1. The molecule has 0 aliphatic carbocycles. The van der Waals surface area contributed by atoms with Gasteiger partial charge in [-0.3, -0.25) is 4.79 Å². The molecular weight excluding hydrogens is 190 g/mol. The quantitative estimate of drug-likeness (QED) is 0.793. The Hall–Kier alpha value is -1.35. The minimum Gasteiger partial charge on any atom is -0.383 e. The maximum Gasteiger partial charge on any atom is 0.251 e. The molecule has 1 N–H and O–H groups in total. The van der Waals surface area contributed by atoms with Crippen LogP contribution in [-0.2, 0) is 11.2 Å². The fourth-order valence-electron chi connectivity index (χ4n) is 1.85. The Balaban J connectivity index is 1.87. The van der Waals surface area contributed by atoms with E-state index in [2.05, 4.69) is 12.1 Å². The van der Waals surface area contributed by atoms with Crippen molar-refractivity contribution < 1.29 is 9.90 Å². The van der Waals surface area contributed by atoms with Crippen molar-refractivity contribution in [2.45, 2.75) is 18.9 Å². The smallest absolute Gasteiger partial charge is 0.251 e. The summed E-state index contributed by atoms with van der Waals surface area (Å²) in [5.74, 6) is -0.120. The molecule has 0 spiro atoms. The Morgan fingerprint density at radius 2 is 2.07 bits per heavy atom. The van der Waals surface area contributed by atoms with Gasteiger partial charge in [0.15, 0.2) is 0 Å². The van der Waals surface area contributed by atoms with Crippen molar-refractivity contribution in [3.63, 3.8) is 0 Å². The third-order valence-electron chi connectivity index (χ3n) is 2.78. The first-order valence-corrected chi connectivity index (χ1v) is 5.28. The number of hydrogen-bond acceptors (Lipinski definition) is 2. The van der Waals surface area contributed by atoms with Crippen molar-refractivity contribution in [2.75, 3.05) is 13.1 Å². The molecule has 2 rings (SSSR count). The Bertz CT molecular complexity index is 337. The normalized spacial score (nSPS) is 21.0. The first-order chi connectivity index (χ1) is 7.27. The molecule has 0 saturated carbocycles. The number of aliphatic hydroxyl groups excluding tert-OH is 1. The molecule has 1 fully saturated rings. The van der Waals surface area contributed by atoms with Gasteiger partial charge in [-0.15, -0.1) is 0 Å². The summed E-state index contributed by atoms with van der Waals surface area (Å²) >= 11 is 0. The van der Waals surface area contributed by atoms with Crippen molar-refractivity contribution in [1.82, 2.24) is 4.90 Å². The Kier molecular flexibility index (Phi) is 3.02. The SMILES string of the molecule is O=C1C(O)CCN1CCc1ccccc1. The molecule has 3 heteroatoms. The highest BCUT2D eigenvalue weighted by Gasteiger charge is 2.28. The van der Waals surface area contributed by atoms with Crippen LogP contribution >= 0.6 is 0 Å². The van der Waals surface area contributed by atoms with E-state index in [1.165, 1.54) is 5.56 Å². The molecule has 0 bridgehead atoms. The van der Waals surface area contributed by atoms with E-state index in [-0.39, 0.29) is 5.91 Å². The van der Waals surface area contributed by atoms with Crippen LogP contribution in [0, 0.1) is 0 Å². The predicted octanol–water partition coefficient (Wildman–Crippen LogP) is 0.822. The Labute approximate surface area is 89.3 Å². The van der Waals surface area contributed by atoms with Gasteiger partial charge in [0.05, 0.1) is 0 Å². The molecule has 1 atom stereocenters. The van der Waals surface area contributed by atoms with E-state index in [0.717, 1.165) is 6.42 Å². The highest BCUT2D eigenvalue weighted by Crippen LogP contribution is 2.11. The van der Waals surface area contributed by atoms with Gasteiger partial charge in [0.25, 0.3) is 5.91 Å². The van der Waals surface area contributed by atoms with Crippen molar-refractivity contribution in [1.29, 1.82) is 0 Å². The number of hydrogen-bond donors (Lipinski definition) is 1. The molecule has 1 saturated heterocycles. The highest BCUT2D eigenvalue weighted by molar-refractivity contribution is 5.82. The van der Waals surface area contributed by atoms with E-state index in [9.17, 15) is 9.90 Å². The highest BCUT2D eigenvalue weighted by atomic mass is 16.3.